The summed E-state index contributed by atoms with van der Waals surface area (Å²) in [4.78, 5) is 22.2. The fraction of sp³-hybridized carbons (Fsp3) is 0.308. The van der Waals surface area contributed by atoms with Crippen LogP contribution in [0.1, 0.15) is 15.9 Å². The Morgan fingerprint density at radius 2 is 1.82 bits per heavy atom. The number of fused-ring (bicyclic) bond motifs is 2. The first-order valence-corrected chi connectivity index (χ1v) is 11.3. The number of ether oxygens (including phenoxy) is 2. The van der Waals surface area contributed by atoms with Crippen molar-refractivity contribution in [1.29, 1.82) is 0 Å². The number of aryl methyl sites for hydroxylation is 1. The molecule has 0 radical (unpaired) electrons. The molecule has 0 spiro atoms. The van der Waals surface area contributed by atoms with E-state index in [0.717, 1.165) is 52.7 Å². The van der Waals surface area contributed by atoms with Crippen molar-refractivity contribution in [3.8, 4) is 11.1 Å². The van der Waals surface area contributed by atoms with Crippen LogP contribution in [-0.2, 0) is 9.47 Å². The summed E-state index contributed by atoms with van der Waals surface area (Å²) < 4.78 is 10.8. The number of hydrogen-bond acceptors (Lipinski definition) is 6. The molecule has 1 aromatic heterocycles. The van der Waals surface area contributed by atoms with Gasteiger partial charge >= 0.3 is 0 Å². The zero-order chi connectivity index (χ0) is 22.8. The molecule has 0 unspecified atom stereocenters. The van der Waals surface area contributed by atoms with Crippen molar-refractivity contribution in [3.05, 3.63) is 65.9 Å². The quantitative estimate of drug-likeness (QED) is 0.635. The smallest absolute Gasteiger partial charge is 0.257 e. The maximum atomic E-state index is 13.3. The summed E-state index contributed by atoms with van der Waals surface area (Å²) in [6, 6.07) is 16.3. The molecule has 0 aliphatic carbocycles. The van der Waals surface area contributed by atoms with Crippen LogP contribution in [0.25, 0.3) is 11.1 Å². The number of carbonyl (C=O) groups is 1. The molecule has 33 heavy (non-hydrogen) atoms. The Hall–Kier alpha value is -3.42. The number of methoxy groups -OCH3 is 1. The highest BCUT2D eigenvalue weighted by atomic mass is 16.5. The van der Waals surface area contributed by atoms with E-state index in [9.17, 15) is 4.79 Å². The topological polar surface area (TPSA) is 66.9 Å². The van der Waals surface area contributed by atoms with Crippen LogP contribution in [0.2, 0.25) is 0 Å². The molecule has 2 aromatic carbocycles. The van der Waals surface area contributed by atoms with Crippen LogP contribution < -0.4 is 15.1 Å². The van der Waals surface area contributed by atoms with Gasteiger partial charge < -0.3 is 24.6 Å². The molecule has 0 saturated carbocycles. The number of aromatic nitrogens is 1. The van der Waals surface area contributed by atoms with Crippen LogP contribution >= 0.6 is 0 Å². The fourth-order valence-corrected chi connectivity index (χ4v) is 4.42. The monoisotopic (exact) mass is 444 g/mol. The third-order valence-electron chi connectivity index (χ3n) is 6.16. The first-order valence-electron chi connectivity index (χ1n) is 11.3. The Morgan fingerprint density at radius 3 is 2.64 bits per heavy atom. The van der Waals surface area contributed by atoms with E-state index in [-0.39, 0.29) is 5.91 Å². The van der Waals surface area contributed by atoms with Crippen molar-refractivity contribution in [2.75, 3.05) is 61.7 Å². The Balaban J connectivity index is 1.55. The maximum absolute atomic E-state index is 13.3. The van der Waals surface area contributed by atoms with Crippen LogP contribution in [0.4, 0.5) is 22.9 Å². The van der Waals surface area contributed by atoms with Gasteiger partial charge in [0, 0.05) is 32.9 Å². The average Bonchev–Trinajstić information content (AvgIpc) is 2.96. The number of nitrogens with zero attached hydrogens (tertiary/aromatic N) is 3. The van der Waals surface area contributed by atoms with E-state index in [4.69, 9.17) is 9.47 Å². The zero-order valence-electron chi connectivity index (χ0n) is 19.0. The van der Waals surface area contributed by atoms with Gasteiger partial charge in [-0.1, -0.05) is 12.1 Å². The first kappa shape index (κ1) is 21.4. The SMILES string of the molecule is COCCN1c2ccc(C)cc2NC(=O)c2cc(-c3ccnc(N4CCOCC4)c3)ccc21. The van der Waals surface area contributed by atoms with Gasteiger partial charge in [0.1, 0.15) is 5.82 Å². The van der Waals surface area contributed by atoms with Gasteiger partial charge in [-0.3, -0.25) is 4.79 Å². The lowest BCUT2D eigenvalue weighted by Crippen LogP contribution is -2.36. The molecule has 1 N–H and O–H groups in total. The molecular formula is C26H28N4O3. The van der Waals surface area contributed by atoms with Crippen LogP contribution in [0.15, 0.2) is 54.7 Å². The molecule has 1 fully saturated rings. The highest BCUT2D eigenvalue weighted by Crippen LogP contribution is 2.39. The van der Waals surface area contributed by atoms with Gasteiger partial charge in [0.25, 0.3) is 5.91 Å². The molecule has 7 heteroatoms. The molecular weight excluding hydrogens is 416 g/mol. The molecule has 0 atom stereocenters. The molecule has 1 saturated heterocycles. The van der Waals surface area contributed by atoms with E-state index in [2.05, 4.69) is 44.4 Å². The summed E-state index contributed by atoms with van der Waals surface area (Å²) >= 11 is 0. The van der Waals surface area contributed by atoms with Crippen molar-refractivity contribution >= 4 is 28.8 Å². The van der Waals surface area contributed by atoms with E-state index in [1.807, 2.05) is 37.4 Å². The van der Waals surface area contributed by atoms with E-state index in [1.165, 1.54) is 0 Å². The summed E-state index contributed by atoms with van der Waals surface area (Å²) in [6.45, 7) is 6.30. The summed E-state index contributed by atoms with van der Waals surface area (Å²) in [5.74, 6) is 0.820. The normalized spacial score (nSPS) is 15.5. The molecule has 5 rings (SSSR count). The van der Waals surface area contributed by atoms with Gasteiger partial charge in [-0.2, -0.15) is 0 Å². The lowest BCUT2D eigenvalue weighted by molar-refractivity contribution is 0.102. The number of hydrogen-bond donors (Lipinski definition) is 1. The van der Waals surface area contributed by atoms with Crippen LogP contribution in [0.5, 0.6) is 0 Å². The van der Waals surface area contributed by atoms with E-state index in [1.54, 1.807) is 7.11 Å². The number of amides is 1. The van der Waals surface area contributed by atoms with Crippen molar-refractivity contribution in [1.82, 2.24) is 4.98 Å². The fourth-order valence-electron chi connectivity index (χ4n) is 4.42. The molecule has 7 nitrogen and oxygen atoms in total. The van der Waals surface area contributed by atoms with Crippen LogP contribution in [0, 0.1) is 6.92 Å². The molecule has 3 heterocycles. The number of rotatable bonds is 5. The van der Waals surface area contributed by atoms with E-state index < -0.39 is 0 Å². The summed E-state index contributed by atoms with van der Waals surface area (Å²) in [5, 5.41) is 3.11. The van der Waals surface area contributed by atoms with Gasteiger partial charge in [0.15, 0.2) is 0 Å². The van der Waals surface area contributed by atoms with Gasteiger partial charge in [0.05, 0.1) is 42.4 Å². The number of morpholine rings is 1. The van der Waals surface area contributed by atoms with Crippen molar-refractivity contribution in [2.45, 2.75) is 6.92 Å². The number of carbonyl (C=O) groups excluding carboxylic acids is 1. The van der Waals surface area contributed by atoms with Crippen molar-refractivity contribution < 1.29 is 14.3 Å². The zero-order valence-corrected chi connectivity index (χ0v) is 19.0. The Labute approximate surface area is 193 Å². The summed E-state index contributed by atoms with van der Waals surface area (Å²) in [7, 11) is 1.69. The number of nitrogens with one attached hydrogen (secondary N) is 1. The predicted octanol–water partition coefficient (Wildman–Crippen LogP) is 4.24. The van der Waals surface area contributed by atoms with Crippen LogP contribution in [-0.4, -0.2) is 57.5 Å². The molecule has 3 aromatic rings. The predicted molar refractivity (Wildman–Crippen MR) is 131 cm³/mol. The largest absolute Gasteiger partial charge is 0.383 e. The summed E-state index contributed by atoms with van der Waals surface area (Å²) in [6.07, 6.45) is 1.83. The first-order chi connectivity index (χ1) is 16.1. The van der Waals surface area contributed by atoms with Gasteiger partial charge in [0.2, 0.25) is 0 Å². The van der Waals surface area contributed by atoms with Crippen molar-refractivity contribution in [2.24, 2.45) is 0 Å². The third-order valence-corrected chi connectivity index (χ3v) is 6.16. The minimum absolute atomic E-state index is 0.110. The van der Waals surface area contributed by atoms with Gasteiger partial charge in [-0.05, 0) is 60.0 Å². The van der Waals surface area contributed by atoms with Crippen molar-refractivity contribution in [3.63, 3.8) is 0 Å². The second-order valence-electron chi connectivity index (χ2n) is 8.35. The number of pyridine rings is 1. The highest BCUT2D eigenvalue weighted by molar-refractivity contribution is 6.13. The average molecular weight is 445 g/mol. The number of benzene rings is 2. The molecule has 0 bridgehead atoms. The molecule has 170 valence electrons. The second-order valence-corrected chi connectivity index (χ2v) is 8.35. The molecule has 2 aliphatic rings. The second kappa shape index (κ2) is 9.21. The Bertz CT molecular complexity index is 1170. The lowest BCUT2D eigenvalue weighted by atomic mass is 10.0. The van der Waals surface area contributed by atoms with Crippen LogP contribution in [0.3, 0.4) is 0 Å². The third kappa shape index (κ3) is 4.29. The number of anilines is 4. The van der Waals surface area contributed by atoms with Gasteiger partial charge in [-0.15, -0.1) is 0 Å². The lowest BCUT2D eigenvalue weighted by Gasteiger charge is -2.28. The maximum Gasteiger partial charge on any atom is 0.257 e. The Kier molecular flexibility index (Phi) is 5.98. The van der Waals surface area contributed by atoms with E-state index >= 15 is 0 Å². The van der Waals surface area contributed by atoms with E-state index in [0.29, 0.717) is 31.9 Å². The minimum Gasteiger partial charge on any atom is -0.383 e. The Morgan fingerprint density at radius 1 is 1.03 bits per heavy atom. The minimum atomic E-state index is -0.110. The van der Waals surface area contributed by atoms with Gasteiger partial charge in [-0.25, -0.2) is 4.98 Å². The summed E-state index contributed by atoms with van der Waals surface area (Å²) in [5.41, 5.74) is 6.40. The molecule has 2 aliphatic heterocycles. The standard InChI is InChI=1S/C26H28N4O3/c1-18-3-5-24-22(15-18)28-26(31)21-16-19(4-6-23(21)30(24)11-12-32-2)20-7-8-27-25(17-20)29-9-13-33-14-10-29/h3-8,15-17H,9-14H2,1-2H3,(H,28,31). The molecule has 1 amide bonds. The highest BCUT2D eigenvalue weighted by Gasteiger charge is 2.26.